The molecule has 4 rings (SSSR count). The fraction of sp³-hybridized carbons (Fsp3) is 0.333. The molecule has 1 aromatic carbocycles. The Balaban J connectivity index is 1.51. The standard InChI is InChI=1S/C21H20F3N5O3/c1-29-17(30)9-20(28-19(29)25)7-6-12-2-3-13(8-15(12)20)27-18(31)16-5-4-14(10-26-16)32-11-21(22,23)24/h2-5,8,10H,6-7,9,11H2,1H3,(H2,25,28)(H,27,31)/t20-/m0/s1. The number of nitrogens with zero attached hydrogens (tertiary/aromatic N) is 3. The molecule has 2 amide bonds. The third-order valence-corrected chi connectivity index (χ3v) is 5.54. The zero-order valence-electron chi connectivity index (χ0n) is 17.1. The lowest BCUT2D eigenvalue weighted by atomic mass is 9.87. The van der Waals surface area contributed by atoms with Crippen molar-refractivity contribution in [1.82, 2.24) is 9.88 Å². The van der Waals surface area contributed by atoms with Crippen LogP contribution in [0.15, 0.2) is 41.5 Å². The van der Waals surface area contributed by atoms with Crippen molar-refractivity contribution in [2.45, 2.75) is 31.0 Å². The number of hydrogen-bond donors (Lipinski definition) is 2. The van der Waals surface area contributed by atoms with Gasteiger partial charge in [-0.25, -0.2) is 9.98 Å². The Morgan fingerprint density at radius 2 is 2.09 bits per heavy atom. The summed E-state index contributed by atoms with van der Waals surface area (Å²) in [4.78, 5) is 34.7. The van der Waals surface area contributed by atoms with Gasteiger partial charge in [0.15, 0.2) is 12.6 Å². The van der Waals surface area contributed by atoms with E-state index in [0.717, 1.165) is 23.7 Å². The van der Waals surface area contributed by atoms with Gasteiger partial charge in [-0.05, 0) is 48.2 Å². The number of carbonyl (C=O) groups is 2. The molecule has 0 unspecified atom stereocenters. The first-order valence-electron chi connectivity index (χ1n) is 9.79. The molecule has 0 fully saturated rings. The fourth-order valence-corrected chi connectivity index (χ4v) is 3.87. The van der Waals surface area contributed by atoms with E-state index in [1.807, 2.05) is 6.07 Å². The lowest BCUT2D eigenvalue weighted by molar-refractivity contribution is -0.153. The molecule has 168 valence electrons. The Morgan fingerprint density at radius 3 is 2.75 bits per heavy atom. The van der Waals surface area contributed by atoms with Crippen molar-refractivity contribution in [3.8, 4) is 5.75 Å². The summed E-state index contributed by atoms with van der Waals surface area (Å²) in [7, 11) is 1.58. The van der Waals surface area contributed by atoms with E-state index in [1.54, 1.807) is 19.2 Å². The number of ether oxygens (including phenoxy) is 1. The predicted molar refractivity (Wildman–Crippen MR) is 109 cm³/mol. The van der Waals surface area contributed by atoms with Crippen molar-refractivity contribution in [2.24, 2.45) is 10.7 Å². The Labute approximate surface area is 181 Å². The first-order chi connectivity index (χ1) is 15.1. The van der Waals surface area contributed by atoms with Gasteiger partial charge in [-0.15, -0.1) is 0 Å². The van der Waals surface area contributed by atoms with Crippen LogP contribution in [0.1, 0.15) is 34.5 Å². The van der Waals surface area contributed by atoms with E-state index in [-0.39, 0.29) is 29.7 Å². The number of nitrogens with one attached hydrogen (secondary N) is 1. The van der Waals surface area contributed by atoms with Crippen molar-refractivity contribution in [3.05, 3.63) is 53.3 Å². The summed E-state index contributed by atoms with van der Waals surface area (Å²) < 4.78 is 41.3. The van der Waals surface area contributed by atoms with Crippen molar-refractivity contribution in [1.29, 1.82) is 0 Å². The first kappa shape index (κ1) is 21.6. The maximum Gasteiger partial charge on any atom is 0.422 e. The molecule has 1 spiro atoms. The van der Waals surface area contributed by atoms with Crippen LogP contribution in [0.2, 0.25) is 0 Å². The molecule has 11 heteroatoms. The van der Waals surface area contributed by atoms with Crippen LogP contribution in [0.25, 0.3) is 0 Å². The number of anilines is 1. The van der Waals surface area contributed by atoms with Crippen LogP contribution in [0.5, 0.6) is 5.75 Å². The topological polar surface area (TPSA) is 110 Å². The second-order valence-electron chi connectivity index (χ2n) is 7.74. The number of alkyl halides is 3. The number of rotatable bonds is 4. The quantitative estimate of drug-likeness (QED) is 0.749. The second-order valence-corrected chi connectivity index (χ2v) is 7.74. The normalized spacial score (nSPS) is 20.2. The number of pyridine rings is 1. The molecule has 2 aromatic rings. The molecule has 1 aromatic heterocycles. The summed E-state index contributed by atoms with van der Waals surface area (Å²) in [5.41, 5.74) is 7.54. The summed E-state index contributed by atoms with van der Waals surface area (Å²) in [5, 5.41) is 2.72. The van der Waals surface area contributed by atoms with Crippen LogP contribution in [0.3, 0.4) is 0 Å². The molecule has 3 N–H and O–H groups in total. The third kappa shape index (κ3) is 4.23. The number of fused-ring (bicyclic) bond motifs is 2. The van der Waals surface area contributed by atoms with Gasteiger partial charge in [0.05, 0.1) is 18.2 Å². The number of aromatic nitrogens is 1. The molecule has 2 heterocycles. The zero-order valence-corrected chi connectivity index (χ0v) is 17.1. The first-order valence-corrected chi connectivity index (χ1v) is 9.79. The Hall–Kier alpha value is -3.63. The number of aryl methyl sites for hydroxylation is 1. The number of amides is 2. The van der Waals surface area contributed by atoms with E-state index in [9.17, 15) is 22.8 Å². The average molecular weight is 447 g/mol. The van der Waals surface area contributed by atoms with Gasteiger partial charge in [-0.2, -0.15) is 13.2 Å². The zero-order chi connectivity index (χ0) is 23.1. The smallest absolute Gasteiger partial charge is 0.422 e. The number of carbonyl (C=O) groups excluding carboxylic acids is 2. The maximum atomic E-state index is 12.6. The van der Waals surface area contributed by atoms with Gasteiger partial charge < -0.3 is 15.8 Å². The highest BCUT2D eigenvalue weighted by atomic mass is 19.4. The maximum absolute atomic E-state index is 12.6. The highest BCUT2D eigenvalue weighted by molar-refractivity contribution is 6.03. The van der Waals surface area contributed by atoms with Gasteiger partial charge in [0.1, 0.15) is 11.4 Å². The van der Waals surface area contributed by atoms with E-state index in [2.05, 4.69) is 20.0 Å². The lowest BCUT2D eigenvalue weighted by Crippen LogP contribution is -2.47. The number of hydrogen-bond acceptors (Lipinski definition) is 6. The number of aliphatic imine (C=N–C) groups is 1. The van der Waals surface area contributed by atoms with Crippen molar-refractivity contribution in [3.63, 3.8) is 0 Å². The molecule has 2 aliphatic rings. The van der Waals surface area contributed by atoms with Crippen LogP contribution < -0.4 is 15.8 Å². The minimum atomic E-state index is -4.46. The lowest BCUT2D eigenvalue weighted by Gasteiger charge is -2.34. The molecule has 0 radical (unpaired) electrons. The van der Waals surface area contributed by atoms with Crippen LogP contribution in [-0.2, 0) is 16.8 Å². The minimum absolute atomic E-state index is 0.0105. The van der Waals surface area contributed by atoms with E-state index >= 15 is 0 Å². The van der Waals surface area contributed by atoms with Crippen LogP contribution in [-0.4, -0.2) is 47.5 Å². The van der Waals surface area contributed by atoms with E-state index in [0.29, 0.717) is 12.1 Å². The monoisotopic (exact) mass is 447 g/mol. The molecule has 1 aliphatic carbocycles. The van der Waals surface area contributed by atoms with Crippen molar-refractivity contribution >= 4 is 23.5 Å². The molecular formula is C21H20F3N5O3. The van der Waals surface area contributed by atoms with Gasteiger partial charge in [-0.1, -0.05) is 6.07 Å². The summed E-state index contributed by atoms with van der Waals surface area (Å²) in [5.74, 6) is -0.611. The van der Waals surface area contributed by atoms with Crippen LogP contribution in [0.4, 0.5) is 18.9 Å². The van der Waals surface area contributed by atoms with Gasteiger partial charge >= 0.3 is 6.18 Å². The van der Waals surface area contributed by atoms with E-state index < -0.39 is 24.2 Å². The molecule has 1 atom stereocenters. The Kier molecular flexibility index (Phi) is 5.27. The van der Waals surface area contributed by atoms with E-state index in [4.69, 9.17) is 5.73 Å². The van der Waals surface area contributed by atoms with Crippen molar-refractivity contribution < 1.29 is 27.5 Å². The summed E-state index contributed by atoms with van der Waals surface area (Å²) >= 11 is 0. The number of guanidine groups is 1. The minimum Gasteiger partial charge on any atom is -0.483 e. The molecule has 32 heavy (non-hydrogen) atoms. The number of halogens is 3. The highest BCUT2D eigenvalue weighted by Gasteiger charge is 2.44. The average Bonchev–Trinajstić information content (AvgIpc) is 3.07. The molecule has 0 saturated heterocycles. The molecule has 8 nitrogen and oxygen atoms in total. The molecule has 0 saturated carbocycles. The Bertz CT molecular complexity index is 1100. The highest BCUT2D eigenvalue weighted by Crippen LogP contribution is 2.45. The van der Waals surface area contributed by atoms with Gasteiger partial charge in [0, 0.05) is 12.7 Å². The largest absolute Gasteiger partial charge is 0.483 e. The van der Waals surface area contributed by atoms with E-state index in [1.165, 1.54) is 17.0 Å². The summed E-state index contributed by atoms with van der Waals surface area (Å²) in [6, 6.07) is 7.90. The van der Waals surface area contributed by atoms with Crippen LogP contribution >= 0.6 is 0 Å². The van der Waals surface area contributed by atoms with Gasteiger partial charge in [0.25, 0.3) is 5.91 Å². The Morgan fingerprint density at radius 1 is 1.31 bits per heavy atom. The number of benzene rings is 1. The SMILES string of the molecule is CN1C(=O)C[C@]2(CCc3ccc(NC(=O)c4ccc(OCC(F)(F)F)cn4)cc32)N=C1N. The molecule has 0 bridgehead atoms. The van der Waals surface area contributed by atoms with Gasteiger partial charge in [0.2, 0.25) is 5.91 Å². The molecule has 1 aliphatic heterocycles. The molecular weight excluding hydrogens is 427 g/mol. The third-order valence-electron chi connectivity index (χ3n) is 5.54. The predicted octanol–water partition coefficient (Wildman–Crippen LogP) is 2.59. The second kappa shape index (κ2) is 7.81. The fourth-order valence-electron chi connectivity index (χ4n) is 3.87. The van der Waals surface area contributed by atoms with Crippen LogP contribution in [0, 0.1) is 0 Å². The summed E-state index contributed by atoms with van der Waals surface area (Å²) in [6.45, 7) is -1.44. The van der Waals surface area contributed by atoms with Crippen molar-refractivity contribution in [2.75, 3.05) is 19.0 Å². The van der Waals surface area contributed by atoms with Gasteiger partial charge in [-0.3, -0.25) is 14.5 Å². The summed E-state index contributed by atoms with van der Waals surface area (Å²) in [6.07, 6.45) is -1.84. The number of nitrogens with two attached hydrogens (primary N) is 1.